The maximum Gasteiger partial charge on any atom is 1.00 e. The third-order valence-corrected chi connectivity index (χ3v) is 3.73. The number of carbonyl (C=O) groups excluding carboxylic acids is 1. The van der Waals surface area contributed by atoms with Gasteiger partial charge in [0.1, 0.15) is 0 Å². The quantitative estimate of drug-likeness (QED) is 0.348. The zero-order valence-corrected chi connectivity index (χ0v) is 17.9. The molecule has 4 nitrogen and oxygen atoms in total. The zero-order chi connectivity index (χ0) is 17.1. The van der Waals surface area contributed by atoms with E-state index in [0.717, 1.165) is 13.3 Å². The maximum absolute atomic E-state index is 8.89. The molecule has 0 aliphatic rings. The van der Waals surface area contributed by atoms with Gasteiger partial charge in [0.05, 0.1) is 0 Å². The summed E-state index contributed by atoms with van der Waals surface area (Å²) in [6.07, 6.45) is 17.9. The van der Waals surface area contributed by atoms with Crippen LogP contribution in [0.5, 0.6) is 0 Å². The van der Waals surface area contributed by atoms with Crippen LogP contribution < -0.4 is 46.1 Å². The Kier molecular flexibility index (Phi) is 30.2. The first kappa shape index (κ1) is 28.2. The first-order valence-electron chi connectivity index (χ1n) is 9.17. The van der Waals surface area contributed by atoms with Crippen LogP contribution in [-0.4, -0.2) is 18.6 Å². The fourth-order valence-electron chi connectivity index (χ4n) is 2.37. The van der Waals surface area contributed by atoms with E-state index in [2.05, 4.69) is 6.92 Å². The molecule has 0 spiro atoms. The monoisotopic (exact) mass is 338 g/mol. The van der Waals surface area contributed by atoms with Gasteiger partial charge in [-0.15, -0.1) is 0 Å². The van der Waals surface area contributed by atoms with Crippen molar-refractivity contribution in [3.63, 3.8) is 0 Å². The Balaban J connectivity index is -0.000000712. The van der Waals surface area contributed by atoms with Gasteiger partial charge in [0.15, 0.2) is 0 Å². The average Bonchev–Trinajstić information content (AvgIpc) is 2.47. The van der Waals surface area contributed by atoms with Crippen LogP contribution in [0.3, 0.4) is 0 Å². The third kappa shape index (κ3) is 34.7. The number of aliphatic carboxylic acids is 1. The number of hydrogen-bond donors (Lipinski definition) is 2. The molecular formula is C18H39N2NaO2. The normalized spacial score (nSPS) is 11.1. The second kappa shape index (κ2) is 24.6. The van der Waals surface area contributed by atoms with Crippen molar-refractivity contribution in [2.24, 2.45) is 11.5 Å². The van der Waals surface area contributed by atoms with E-state index in [4.69, 9.17) is 21.4 Å². The minimum atomic E-state index is -1.08. The molecule has 0 radical (unpaired) electrons. The van der Waals surface area contributed by atoms with Crippen LogP contribution in [0.2, 0.25) is 0 Å². The molecule has 0 aliphatic heterocycles. The molecule has 4 N–H and O–H groups in total. The van der Waals surface area contributed by atoms with Crippen molar-refractivity contribution in [2.75, 3.05) is 6.54 Å². The number of rotatable bonds is 14. The summed E-state index contributed by atoms with van der Waals surface area (Å²) in [7, 11) is 0. The third-order valence-electron chi connectivity index (χ3n) is 3.73. The van der Waals surface area contributed by atoms with E-state index in [0.29, 0.717) is 6.54 Å². The molecule has 0 saturated heterocycles. The molecule has 0 saturated carbocycles. The van der Waals surface area contributed by atoms with Crippen molar-refractivity contribution in [1.82, 2.24) is 0 Å². The Labute approximate surface area is 166 Å². The summed E-state index contributed by atoms with van der Waals surface area (Å²) in [4.78, 5) is 8.89. The molecule has 0 aromatic heterocycles. The Morgan fingerprint density at radius 2 is 1.17 bits per heavy atom. The molecular weight excluding hydrogens is 299 g/mol. The molecule has 0 aromatic rings. The molecule has 134 valence electrons. The SMILES string of the molecule is CC(=O)[O-].CCCCCCCCCCCCCCC(N)CN.[Na+]. The molecule has 1 unspecified atom stereocenters. The van der Waals surface area contributed by atoms with Gasteiger partial charge in [-0.05, 0) is 13.3 Å². The van der Waals surface area contributed by atoms with Gasteiger partial charge in [-0.25, -0.2) is 0 Å². The van der Waals surface area contributed by atoms with Crippen LogP contribution in [0.25, 0.3) is 0 Å². The molecule has 0 rings (SSSR count). The molecule has 0 fully saturated rings. The van der Waals surface area contributed by atoms with Gasteiger partial charge >= 0.3 is 29.6 Å². The minimum Gasteiger partial charge on any atom is -0.550 e. The van der Waals surface area contributed by atoms with E-state index < -0.39 is 5.97 Å². The second-order valence-corrected chi connectivity index (χ2v) is 6.17. The van der Waals surface area contributed by atoms with Crippen LogP contribution in [0.1, 0.15) is 97.3 Å². The molecule has 0 amide bonds. The van der Waals surface area contributed by atoms with E-state index in [-0.39, 0.29) is 35.6 Å². The van der Waals surface area contributed by atoms with E-state index in [1.807, 2.05) is 0 Å². The number of carboxylic acid groups (broad SMARTS) is 1. The van der Waals surface area contributed by atoms with Crippen LogP contribution in [0.15, 0.2) is 0 Å². The van der Waals surface area contributed by atoms with E-state index in [1.165, 1.54) is 77.0 Å². The van der Waals surface area contributed by atoms with Crippen molar-refractivity contribution in [1.29, 1.82) is 0 Å². The van der Waals surface area contributed by atoms with Gasteiger partial charge in [0, 0.05) is 18.6 Å². The molecule has 5 heteroatoms. The number of carboxylic acids is 1. The van der Waals surface area contributed by atoms with Crippen molar-refractivity contribution in [3.8, 4) is 0 Å². The molecule has 0 bridgehead atoms. The average molecular weight is 339 g/mol. The smallest absolute Gasteiger partial charge is 0.550 e. The topological polar surface area (TPSA) is 92.2 Å². The molecule has 0 heterocycles. The summed E-state index contributed by atoms with van der Waals surface area (Å²) in [6, 6.07) is 0.230. The molecule has 23 heavy (non-hydrogen) atoms. The summed E-state index contributed by atoms with van der Waals surface area (Å²) in [5.41, 5.74) is 11.3. The van der Waals surface area contributed by atoms with Gasteiger partial charge in [0.2, 0.25) is 0 Å². The fourth-order valence-corrected chi connectivity index (χ4v) is 2.37. The molecule has 1 atom stereocenters. The summed E-state index contributed by atoms with van der Waals surface area (Å²) in [5.74, 6) is -1.08. The molecule has 0 aromatic carbocycles. The number of unbranched alkanes of at least 4 members (excludes halogenated alkanes) is 11. The number of carbonyl (C=O) groups is 1. The van der Waals surface area contributed by atoms with Crippen molar-refractivity contribution in [2.45, 2.75) is 103 Å². The standard InChI is InChI=1S/C16H36N2.C2H4O2.Na/c1-2-3-4-5-6-7-8-9-10-11-12-13-14-16(18)15-17;1-2(3)4;/h16H,2-15,17-18H2,1H3;1H3,(H,3,4);/q;;+1/p-1. The number of hydrogen-bond acceptors (Lipinski definition) is 4. The second-order valence-electron chi connectivity index (χ2n) is 6.17. The van der Waals surface area contributed by atoms with Gasteiger partial charge < -0.3 is 21.4 Å². The summed E-state index contributed by atoms with van der Waals surface area (Å²) in [5, 5.41) is 8.89. The van der Waals surface area contributed by atoms with Crippen LogP contribution >= 0.6 is 0 Å². The van der Waals surface area contributed by atoms with E-state index in [9.17, 15) is 0 Å². The fraction of sp³-hybridized carbons (Fsp3) is 0.944. The van der Waals surface area contributed by atoms with Gasteiger partial charge in [-0.3, -0.25) is 0 Å². The Hall–Kier alpha value is 0.390. The summed E-state index contributed by atoms with van der Waals surface area (Å²) < 4.78 is 0. The van der Waals surface area contributed by atoms with Gasteiger partial charge in [0.25, 0.3) is 0 Å². The maximum atomic E-state index is 8.89. The first-order valence-corrected chi connectivity index (χ1v) is 9.17. The van der Waals surface area contributed by atoms with Crippen LogP contribution in [0, 0.1) is 0 Å². The Morgan fingerprint density at radius 1 is 0.870 bits per heavy atom. The minimum absolute atomic E-state index is 0. The number of nitrogens with two attached hydrogens (primary N) is 2. The van der Waals surface area contributed by atoms with Crippen LogP contribution in [0.4, 0.5) is 0 Å². The first-order chi connectivity index (χ1) is 10.5. The zero-order valence-electron chi connectivity index (χ0n) is 15.9. The van der Waals surface area contributed by atoms with E-state index in [1.54, 1.807) is 0 Å². The van der Waals surface area contributed by atoms with E-state index >= 15 is 0 Å². The Bertz CT molecular complexity index is 225. The molecule has 0 aliphatic carbocycles. The Morgan fingerprint density at radius 3 is 1.48 bits per heavy atom. The predicted octanol–water partition coefficient (Wildman–Crippen LogP) is 0.124. The summed E-state index contributed by atoms with van der Waals surface area (Å²) in [6.45, 7) is 3.89. The van der Waals surface area contributed by atoms with Crippen molar-refractivity contribution < 1.29 is 39.5 Å². The predicted molar refractivity (Wildman–Crippen MR) is 93.4 cm³/mol. The largest absolute Gasteiger partial charge is 1.00 e. The van der Waals surface area contributed by atoms with Gasteiger partial charge in [-0.2, -0.15) is 0 Å². The van der Waals surface area contributed by atoms with Crippen molar-refractivity contribution in [3.05, 3.63) is 0 Å². The van der Waals surface area contributed by atoms with Gasteiger partial charge in [-0.1, -0.05) is 84.0 Å². The summed E-state index contributed by atoms with van der Waals surface area (Å²) >= 11 is 0. The van der Waals surface area contributed by atoms with Crippen LogP contribution in [-0.2, 0) is 4.79 Å². The van der Waals surface area contributed by atoms with Crippen molar-refractivity contribution >= 4 is 5.97 Å².